The monoisotopic (exact) mass is 600 g/mol. The summed E-state index contributed by atoms with van der Waals surface area (Å²) in [5.41, 5.74) is 17.3. The molecule has 0 fully saturated rings. The number of aromatic nitrogens is 4. The van der Waals surface area contributed by atoms with E-state index >= 15 is 0 Å². The molecule has 0 saturated carbocycles. The topological polar surface area (TPSA) is 196 Å². The number of nitrogens with zero attached hydrogens (tertiary/aromatic N) is 4. The summed E-state index contributed by atoms with van der Waals surface area (Å²) in [6, 6.07) is 14.8. The molecule has 6 N–H and O–H groups in total. The maximum Gasteiger partial charge on any atom is 0.373 e. The first-order chi connectivity index (χ1) is 20.6. The minimum absolute atomic E-state index is 0.250. The molecule has 2 heterocycles. The number of hydrogen-bond acceptors (Lipinski definition) is 12. The summed E-state index contributed by atoms with van der Waals surface area (Å²) in [4.78, 5) is 48.4. The van der Waals surface area contributed by atoms with Crippen LogP contribution in [0.15, 0.2) is 60.9 Å². The van der Waals surface area contributed by atoms with Crippen LogP contribution in [0.25, 0.3) is 0 Å². The highest BCUT2D eigenvalue weighted by Gasteiger charge is 1.97. The fraction of sp³-hybridized carbons (Fsp3) is 0.133. The quantitative estimate of drug-likeness (QED) is 0.149. The van der Waals surface area contributed by atoms with Gasteiger partial charge in [-0.25, -0.2) is 19.9 Å². The summed E-state index contributed by atoms with van der Waals surface area (Å²) in [5.74, 6) is 9.62. The van der Waals surface area contributed by atoms with Crippen molar-refractivity contribution in [1.82, 2.24) is 19.9 Å². The van der Waals surface area contributed by atoms with Gasteiger partial charge in [0.1, 0.15) is 10.8 Å². The minimum Gasteiger partial charge on any atom is -0.398 e. The van der Waals surface area contributed by atoms with E-state index in [4.69, 9.17) is 48.7 Å². The zero-order valence-corrected chi connectivity index (χ0v) is 24.6. The fourth-order valence-electron chi connectivity index (χ4n) is 2.71. The van der Waals surface area contributed by atoms with E-state index in [-0.39, 0.29) is 12.3 Å². The summed E-state index contributed by atoms with van der Waals surface area (Å²) in [6.45, 7) is 3.99. The number of rotatable bonds is 2. The normalized spacial score (nSPS) is 8.28. The number of nitrogens with one attached hydrogen (secondary N) is 2. The third-order valence-corrected chi connectivity index (χ3v) is 4.83. The molecule has 0 amide bonds. The Kier molecular flexibility index (Phi) is 18.7. The molecule has 4 rings (SSSR count). The minimum atomic E-state index is 0.250. The second-order valence-electron chi connectivity index (χ2n) is 7.71. The second-order valence-corrected chi connectivity index (χ2v) is 8.10. The van der Waals surface area contributed by atoms with E-state index in [9.17, 15) is 0 Å². The van der Waals surface area contributed by atoms with Crippen LogP contribution in [0.1, 0.15) is 27.9 Å². The molecule has 2 aromatic carbocycles. The molecule has 220 valence electrons. The van der Waals surface area contributed by atoms with E-state index in [1.807, 2.05) is 50.2 Å². The van der Waals surface area contributed by atoms with Crippen LogP contribution < -0.4 is 22.1 Å². The van der Waals surface area contributed by atoms with E-state index in [0.29, 0.717) is 34.1 Å². The van der Waals surface area contributed by atoms with Crippen LogP contribution in [-0.4, -0.2) is 46.3 Å². The molecule has 4 aromatic rings. The maximum absolute atomic E-state index is 8.12. The van der Waals surface area contributed by atoms with Crippen molar-refractivity contribution in [2.24, 2.45) is 0 Å². The molecule has 13 heteroatoms. The van der Waals surface area contributed by atoms with Crippen molar-refractivity contribution >= 4 is 47.2 Å². The first-order valence-corrected chi connectivity index (χ1v) is 12.3. The number of terminal acetylenes is 1. The molecule has 0 bridgehead atoms. The zero-order valence-electron chi connectivity index (χ0n) is 23.8. The summed E-state index contributed by atoms with van der Waals surface area (Å²) < 4.78 is 0. The van der Waals surface area contributed by atoms with Crippen molar-refractivity contribution in [3.05, 3.63) is 94.0 Å². The van der Waals surface area contributed by atoms with Crippen LogP contribution in [0, 0.1) is 38.0 Å². The van der Waals surface area contributed by atoms with Gasteiger partial charge in [0, 0.05) is 49.0 Å². The van der Waals surface area contributed by atoms with Gasteiger partial charge in [-0.05, 0) is 67.3 Å². The van der Waals surface area contributed by atoms with Crippen molar-refractivity contribution in [3.8, 4) is 24.2 Å². The van der Waals surface area contributed by atoms with Crippen LogP contribution in [0.4, 0.5) is 23.3 Å². The Bertz CT molecular complexity index is 1620. The lowest BCUT2D eigenvalue weighted by atomic mass is 10.1. The van der Waals surface area contributed by atoms with E-state index in [1.54, 1.807) is 38.6 Å². The van der Waals surface area contributed by atoms with Crippen molar-refractivity contribution < 1.29 is 19.2 Å². The van der Waals surface area contributed by atoms with Gasteiger partial charge in [-0.3, -0.25) is 0 Å². The Morgan fingerprint density at radius 2 is 1.19 bits per heavy atom. The van der Waals surface area contributed by atoms with Gasteiger partial charge in [-0.1, -0.05) is 35.6 Å². The summed E-state index contributed by atoms with van der Waals surface area (Å²) in [7, 11) is 3.51. The van der Waals surface area contributed by atoms with Crippen LogP contribution in [0.3, 0.4) is 0 Å². The Morgan fingerprint density at radius 1 is 0.721 bits per heavy atom. The van der Waals surface area contributed by atoms with Gasteiger partial charge >= 0.3 is 12.3 Å². The SMILES string of the molecule is C#Cc1cc(C)ccc1N.CNc1nccc(C#Cc2cc(C)ccc2N)n1.CNc1nccc(Cl)n1.O=C=O.O=C=O. The van der Waals surface area contributed by atoms with Crippen molar-refractivity contribution in [2.75, 3.05) is 36.2 Å². The molecule has 12 nitrogen and oxygen atoms in total. The molecular weight excluding hydrogens is 572 g/mol. The number of hydrogen-bond donors (Lipinski definition) is 4. The Labute approximate surface area is 254 Å². The van der Waals surface area contributed by atoms with Crippen molar-refractivity contribution in [3.63, 3.8) is 0 Å². The molecule has 0 unspecified atom stereocenters. The molecule has 43 heavy (non-hydrogen) atoms. The summed E-state index contributed by atoms with van der Waals surface area (Å²) in [6.07, 6.45) is 8.96. The van der Waals surface area contributed by atoms with Gasteiger partial charge < -0.3 is 22.1 Å². The zero-order chi connectivity index (χ0) is 32.6. The van der Waals surface area contributed by atoms with Crippen LogP contribution in [-0.2, 0) is 19.2 Å². The van der Waals surface area contributed by atoms with Crippen LogP contribution >= 0.6 is 11.6 Å². The van der Waals surface area contributed by atoms with Crippen molar-refractivity contribution in [1.29, 1.82) is 0 Å². The summed E-state index contributed by atoms with van der Waals surface area (Å²) in [5, 5.41) is 6.09. The largest absolute Gasteiger partial charge is 0.398 e. The molecule has 0 aliphatic rings. The second kappa shape index (κ2) is 21.8. The Morgan fingerprint density at radius 3 is 1.63 bits per heavy atom. The average Bonchev–Trinajstić information content (AvgIpc) is 3.00. The first-order valence-electron chi connectivity index (χ1n) is 11.9. The van der Waals surface area contributed by atoms with Gasteiger partial charge in [-0.2, -0.15) is 19.2 Å². The van der Waals surface area contributed by atoms with Gasteiger partial charge in [-0.15, -0.1) is 6.42 Å². The fourth-order valence-corrected chi connectivity index (χ4v) is 2.85. The predicted molar refractivity (Wildman–Crippen MR) is 163 cm³/mol. The molecule has 0 spiro atoms. The van der Waals surface area contributed by atoms with Gasteiger partial charge in [0.25, 0.3) is 0 Å². The smallest absolute Gasteiger partial charge is 0.373 e. The molecule has 0 saturated heterocycles. The van der Waals surface area contributed by atoms with Gasteiger partial charge in [0.2, 0.25) is 11.9 Å². The Balaban J connectivity index is 0.000000600. The predicted octanol–water partition coefficient (Wildman–Crippen LogP) is 3.37. The standard InChI is InChI=1S/C14H14N4.C9H9N.C5H6ClN3.2CO2/c1-10-3-6-13(15)11(9-10)4-5-12-7-8-17-14(16-2)18-12;1-3-8-6-7(2)4-5-9(8)10;1-7-5-8-3-2-4(6)9-5;2*2-1-3/h3,6-9H,15H2,1-2H3,(H,16,17,18);1,4-6H,10H2,2H3;2-3H,1H3,(H,7,8,9);;. The Hall–Kier alpha value is -6.03. The number of halogens is 1. The van der Waals surface area contributed by atoms with Crippen LogP contribution in [0.2, 0.25) is 5.15 Å². The van der Waals surface area contributed by atoms with E-state index in [2.05, 4.69) is 48.3 Å². The number of aryl methyl sites for hydroxylation is 2. The van der Waals surface area contributed by atoms with Gasteiger partial charge in [0.15, 0.2) is 0 Å². The highest BCUT2D eigenvalue weighted by molar-refractivity contribution is 6.29. The highest BCUT2D eigenvalue weighted by atomic mass is 35.5. The first kappa shape index (κ1) is 37.0. The molecule has 0 radical (unpaired) electrons. The lowest BCUT2D eigenvalue weighted by Gasteiger charge is -1.99. The van der Waals surface area contributed by atoms with E-state index in [1.165, 1.54) is 0 Å². The average molecular weight is 601 g/mol. The molecule has 0 aliphatic carbocycles. The lowest BCUT2D eigenvalue weighted by Crippen LogP contribution is -1.96. The number of carbonyl (C=O) groups excluding carboxylic acids is 4. The third kappa shape index (κ3) is 16.0. The van der Waals surface area contributed by atoms with Gasteiger partial charge in [0.05, 0.1) is 0 Å². The molecule has 0 atom stereocenters. The highest BCUT2D eigenvalue weighted by Crippen LogP contribution is 2.13. The number of benzene rings is 2. The van der Waals surface area contributed by atoms with Crippen molar-refractivity contribution in [2.45, 2.75) is 13.8 Å². The number of anilines is 4. The maximum atomic E-state index is 8.12. The van der Waals surface area contributed by atoms with Crippen LogP contribution in [0.5, 0.6) is 0 Å². The molecule has 0 aliphatic heterocycles. The summed E-state index contributed by atoms with van der Waals surface area (Å²) >= 11 is 5.53. The molecule has 2 aromatic heterocycles. The third-order valence-electron chi connectivity index (χ3n) is 4.62. The lowest BCUT2D eigenvalue weighted by molar-refractivity contribution is -0.193. The number of nitrogens with two attached hydrogens (primary N) is 2. The number of nitrogen functional groups attached to an aromatic ring is 2. The van der Waals surface area contributed by atoms with E-state index in [0.717, 1.165) is 22.3 Å². The van der Waals surface area contributed by atoms with E-state index < -0.39 is 0 Å². The molecular formula is C30H29ClN8O4.